The highest BCUT2D eigenvalue weighted by Gasteiger charge is 2.26. The number of rotatable bonds is 4. The summed E-state index contributed by atoms with van der Waals surface area (Å²) in [6, 6.07) is 7.16. The monoisotopic (exact) mass is 398 g/mol. The van der Waals surface area contributed by atoms with Gasteiger partial charge in [0.05, 0.1) is 25.5 Å². The topological polar surface area (TPSA) is 83.8 Å². The second kappa shape index (κ2) is 9.15. The first-order valence-electron chi connectivity index (χ1n) is 10.0. The largest absolute Gasteiger partial charge is 0.378 e. The maximum Gasteiger partial charge on any atom is 0.320 e. The van der Waals surface area contributed by atoms with Crippen LogP contribution in [0.2, 0.25) is 0 Å². The van der Waals surface area contributed by atoms with Crippen molar-refractivity contribution in [3.63, 3.8) is 0 Å². The number of aromatic nitrogens is 3. The fraction of sp³-hybridized carbons (Fsp3) is 0.500. The Morgan fingerprint density at radius 1 is 0.966 bits per heavy atom. The normalized spacial score (nSPS) is 18.1. The number of pyridine rings is 1. The minimum Gasteiger partial charge on any atom is -0.378 e. The van der Waals surface area contributed by atoms with E-state index < -0.39 is 0 Å². The van der Waals surface area contributed by atoms with Crippen LogP contribution in [0.3, 0.4) is 0 Å². The second-order valence-electron chi connectivity index (χ2n) is 7.23. The Labute approximate surface area is 169 Å². The van der Waals surface area contributed by atoms with E-state index in [9.17, 15) is 9.59 Å². The molecule has 0 atom stereocenters. The van der Waals surface area contributed by atoms with E-state index in [0.717, 1.165) is 30.9 Å². The third kappa shape index (κ3) is 4.80. The van der Waals surface area contributed by atoms with Crippen LogP contribution >= 0.6 is 0 Å². The van der Waals surface area contributed by atoms with Gasteiger partial charge in [-0.3, -0.25) is 14.7 Å². The molecule has 2 saturated heterocycles. The van der Waals surface area contributed by atoms with Crippen molar-refractivity contribution in [3.05, 3.63) is 47.0 Å². The standard InChI is InChI=1S/C20H26N6O3/c27-19-4-3-18(17-2-1-5-21-16-17)22-26(19)11-8-23-6-9-24(10-7-23)20(28)25-12-14-29-15-13-25/h1-5,16H,6-15H2. The lowest BCUT2D eigenvalue weighted by Crippen LogP contribution is -2.55. The van der Waals surface area contributed by atoms with Crippen molar-refractivity contribution in [2.24, 2.45) is 0 Å². The van der Waals surface area contributed by atoms with Gasteiger partial charge in [-0.15, -0.1) is 0 Å². The molecule has 2 aliphatic heterocycles. The summed E-state index contributed by atoms with van der Waals surface area (Å²) in [7, 11) is 0. The molecule has 0 aromatic carbocycles. The van der Waals surface area contributed by atoms with E-state index in [2.05, 4.69) is 15.0 Å². The average Bonchev–Trinajstić information content (AvgIpc) is 2.79. The van der Waals surface area contributed by atoms with Crippen LogP contribution in [-0.2, 0) is 11.3 Å². The summed E-state index contributed by atoms with van der Waals surface area (Å²) in [6.07, 6.45) is 3.45. The van der Waals surface area contributed by atoms with Crippen LogP contribution in [0, 0.1) is 0 Å². The Morgan fingerprint density at radius 2 is 1.72 bits per heavy atom. The van der Waals surface area contributed by atoms with Gasteiger partial charge < -0.3 is 14.5 Å². The summed E-state index contributed by atoms with van der Waals surface area (Å²) in [4.78, 5) is 34.9. The molecule has 154 valence electrons. The van der Waals surface area contributed by atoms with E-state index in [-0.39, 0.29) is 11.6 Å². The number of morpholine rings is 1. The minimum absolute atomic E-state index is 0.106. The lowest BCUT2D eigenvalue weighted by Gasteiger charge is -2.38. The van der Waals surface area contributed by atoms with Crippen molar-refractivity contribution in [2.45, 2.75) is 6.54 Å². The number of piperazine rings is 1. The predicted octanol–water partition coefficient (Wildman–Crippen LogP) is 0.375. The predicted molar refractivity (Wildman–Crippen MR) is 108 cm³/mol. The Balaban J connectivity index is 1.30. The highest BCUT2D eigenvalue weighted by molar-refractivity contribution is 5.74. The molecule has 0 spiro atoms. The minimum atomic E-state index is -0.112. The highest BCUT2D eigenvalue weighted by atomic mass is 16.5. The number of urea groups is 1. The van der Waals surface area contributed by atoms with Crippen molar-refractivity contribution in [1.29, 1.82) is 0 Å². The van der Waals surface area contributed by atoms with Gasteiger partial charge in [-0.2, -0.15) is 5.10 Å². The van der Waals surface area contributed by atoms with Crippen LogP contribution in [0.15, 0.2) is 41.5 Å². The maximum absolute atomic E-state index is 12.6. The Bertz CT molecular complexity index is 873. The van der Waals surface area contributed by atoms with Crippen molar-refractivity contribution in [2.75, 3.05) is 59.0 Å². The Hall–Kier alpha value is -2.78. The third-order valence-electron chi connectivity index (χ3n) is 5.38. The summed E-state index contributed by atoms with van der Waals surface area (Å²) in [5.41, 5.74) is 1.51. The number of ether oxygens (including phenoxy) is 1. The number of carbonyl (C=O) groups excluding carboxylic acids is 1. The first-order valence-corrected chi connectivity index (χ1v) is 10.0. The van der Waals surface area contributed by atoms with Crippen LogP contribution in [-0.4, -0.2) is 94.5 Å². The van der Waals surface area contributed by atoms with Crippen molar-refractivity contribution in [1.82, 2.24) is 29.5 Å². The fourth-order valence-corrected chi connectivity index (χ4v) is 3.63. The van der Waals surface area contributed by atoms with Gasteiger partial charge in [0.2, 0.25) is 0 Å². The SMILES string of the molecule is O=C(N1CCOCC1)N1CCN(CCn2nc(-c3cccnc3)ccc2=O)CC1. The molecule has 0 bridgehead atoms. The second-order valence-corrected chi connectivity index (χ2v) is 7.23. The molecule has 2 aromatic rings. The zero-order valence-corrected chi connectivity index (χ0v) is 16.4. The molecule has 2 aromatic heterocycles. The van der Waals surface area contributed by atoms with Gasteiger partial charge in [-0.05, 0) is 18.2 Å². The number of hydrogen-bond acceptors (Lipinski definition) is 6. The molecule has 9 heteroatoms. The molecular weight excluding hydrogens is 372 g/mol. The Morgan fingerprint density at radius 3 is 2.45 bits per heavy atom. The Kier molecular flexibility index (Phi) is 6.16. The molecule has 0 unspecified atom stereocenters. The molecule has 2 amide bonds. The molecule has 4 heterocycles. The van der Waals surface area contributed by atoms with Crippen molar-refractivity contribution < 1.29 is 9.53 Å². The lowest BCUT2D eigenvalue weighted by atomic mass is 10.2. The highest BCUT2D eigenvalue weighted by Crippen LogP contribution is 2.13. The van der Waals surface area contributed by atoms with Gasteiger partial charge in [-0.1, -0.05) is 0 Å². The average molecular weight is 398 g/mol. The first-order chi connectivity index (χ1) is 14.2. The summed E-state index contributed by atoms with van der Waals surface area (Å²) < 4.78 is 6.82. The van der Waals surface area contributed by atoms with Crippen LogP contribution in [0.4, 0.5) is 4.79 Å². The van der Waals surface area contributed by atoms with Gasteiger partial charge in [0.15, 0.2) is 0 Å². The summed E-state index contributed by atoms with van der Waals surface area (Å²) in [5.74, 6) is 0. The van der Waals surface area contributed by atoms with Gasteiger partial charge >= 0.3 is 6.03 Å². The van der Waals surface area contributed by atoms with E-state index in [1.165, 1.54) is 4.68 Å². The summed E-state index contributed by atoms with van der Waals surface area (Å²) >= 11 is 0. The van der Waals surface area contributed by atoms with E-state index >= 15 is 0 Å². The fourth-order valence-electron chi connectivity index (χ4n) is 3.63. The molecule has 0 radical (unpaired) electrons. The number of amides is 2. The molecule has 2 fully saturated rings. The first kappa shape index (κ1) is 19.5. The van der Waals surface area contributed by atoms with Crippen LogP contribution in [0.5, 0.6) is 0 Å². The molecule has 0 aliphatic carbocycles. The van der Waals surface area contributed by atoms with Gasteiger partial charge in [-0.25, -0.2) is 9.48 Å². The summed E-state index contributed by atoms with van der Waals surface area (Å²) in [5, 5.41) is 4.49. The van der Waals surface area contributed by atoms with Crippen LogP contribution in [0.25, 0.3) is 11.3 Å². The van der Waals surface area contributed by atoms with Gasteiger partial charge in [0.25, 0.3) is 5.56 Å². The zero-order valence-electron chi connectivity index (χ0n) is 16.4. The smallest absolute Gasteiger partial charge is 0.320 e. The molecule has 4 rings (SSSR count). The van der Waals surface area contributed by atoms with E-state index in [0.29, 0.717) is 45.9 Å². The van der Waals surface area contributed by atoms with Gasteiger partial charge in [0.1, 0.15) is 0 Å². The lowest BCUT2D eigenvalue weighted by molar-refractivity contribution is 0.0375. The zero-order chi connectivity index (χ0) is 20.1. The van der Waals surface area contributed by atoms with E-state index in [1.807, 2.05) is 21.9 Å². The molecule has 29 heavy (non-hydrogen) atoms. The maximum atomic E-state index is 12.6. The van der Waals surface area contributed by atoms with Crippen LogP contribution in [0.1, 0.15) is 0 Å². The molecule has 9 nitrogen and oxygen atoms in total. The molecule has 0 saturated carbocycles. The molecule has 2 aliphatic rings. The number of nitrogens with zero attached hydrogens (tertiary/aromatic N) is 6. The number of carbonyl (C=O) groups is 1. The van der Waals surface area contributed by atoms with Crippen LogP contribution < -0.4 is 5.56 Å². The quantitative estimate of drug-likeness (QED) is 0.740. The van der Waals surface area contributed by atoms with Crippen molar-refractivity contribution in [3.8, 4) is 11.3 Å². The van der Waals surface area contributed by atoms with E-state index in [1.54, 1.807) is 24.5 Å². The number of hydrogen-bond donors (Lipinski definition) is 0. The molecular formula is C20H26N6O3. The third-order valence-corrected chi connectivity index (χ3v) is 5.38. The molecule has 0 N–H and O–H groups in total. The summed E-state index contributed by atoms with van der Waals surface area (Å²) in [6.45, 7) is 6.81. The van der Waals surface area contributed by atoms with Gasteiger partial charge in [0, 0.05) is 69.8 Å². The van der Waals surface area contributed by atoms with E-state index in [4.69, 9.17) is 4.74 Å². The van der Waals surface area contributed by atoms with Crippen molar-refractivity contribution >= 4 is 6.03 Å².